The second kappa shape index (κ2) is 6.70. The fourth-order valence-electron chi connectivity index (χ4n) is 2.91. The second-order valence-corrected chi connectivity index (χ2v) is 5.61. The number of benzene rings is 1. The zero-order chi connectivity index (χ0) is 15.4. The second-order valence-electron chi connectivity index (χ2n) is 5.61. The van der Waals surface area contributed by atoms with Gasteiger partial charge in [0.1, 0.15) is 5.69 Å². The lowest BCUT2D eigenvalue weighted by Crippen LogP contribution is -2.17. The van der Waals surface area contributed by atoms with Crippen molar-refractivity contribution in [2.75, 3.05) is 0 Å². The molecular formula is C16H20N4O2. The summed E-state index contributed by atoms with van der Waals surface area (Å²) in [6.07, 6.45) is 6.35. The van der Waals surface area contributed by atoms with Crippen LogP contribution in [-0.4, -0.2) is 27.4 Å². The smallest absolute Gasteiger partial charge is 0.271 e. The molecule has 2 aromatic rings. The fourth-order valence-corrected chi connectivity index (χ4v) is 2.91. The Morgan fingerprint density at radius 2 is 2.00 bits per heavy atom. The maximum absolute atomic E-state index is 11.4. The minimum atomic E-state index is -0.591. The van der Waals surface area contributed by atoms with E-state index in [1.807, 2.05) is 24.3 Å². The van der Waals surface area contributed by atoms with Crippen LogP contribution >= 0.6 is 0 Å². The molecule has 3 rings (SSSR count). The molecule has 1 saturated carbocycles. The van der Waals surface area contributed by atoms with E-state index in [1.165, 1.54) is 19.3 Å². The van der Waals surface area contributed by atoms with Crippen molar-refractivity contribution in [1.82, 2.24) is 15.4 Å². The molecule has 1 aromatic carbocycles. The molecular weight excluding hydrogens is 280 g/mol. The SMILES string of the molecule is NC(=O)c1n[nH]nc1-c1ccccc1COC1CCCCC1. The quantitative estimate of drug-likeness (QED) is 0.886. The Kier molecular flexibility index (Phi) is 4.48. The predicted octanol–water partition coefficient (Wildman–Crippen LogP) is 2.42. The molecule has 1 fully saturated rings. The van der Waals surface area contributed by atoms with Crippen LogP contribution < -0.4 is 5.73 Å². The maximum atomic E-state index is 11.4. The Balaban J connectivity index is 1.80. The van der Waals surface area contributed by atoms with Crippen LogP contribution in [0.3, 0.4) is 0 Å². The van der Waals surface area contributed by atoms with Gasteiger partial charge < -0.3 is 10.5 Å². The molecule has 22 heavy (non-hydrogen) atoms. The van der Waals surface area contributed by atoms with Crippen LogP contribution in [0, 0.1) is 0 Å². The van der Waals surface area contributed by atoms with Crippen LogP contribution in [0.25, 0.3) is 11.3 Å². The first-order valence-electron chi connectivity index (χ1n) is 7.66. The van der Waals surface area contributed by atoms with Crippen molar-refractivity contribution in [3.8, 4) is 11.3 Å². The van der Waals surface area contributed by atoms with Gasteiger partial charge in [-0.05, 0) is 18.4 Å². The lowest BCUT2D eigenvalue weighted by atomic mass is 9.97. The molecule has 0 aliphatic heterocycles. The fraction of sp³-hybridized carbons (Fsp3) is 0.438. The Morgan fingerprint density at radius 3 is 2.77 bits per heavy atom. The van der Waals surface area contributed by atoms with Crippen LogP contribution in [0.4, 0.5) is 0 Å². The molecule has 0 radical (unpaired) electrons. The maximum Gasteiger partial charge on any atom is 0.271 e. The molecule has 3 N–H and O–H groups in total. The molecule has 0 spiro atoms. The average Bonchev–Trinajstić information content (AvgIpc) is 3.04. The zero-order valence-electron chi connectivity index (χ0n) is 12.4. The van der Waals surface area contributed by atoms with Crippen LogP contribution in [0.2, 0.25) is 0 Å². The van der Waals surface area contributed by atoms with Crippen molar-refractivity contribution in [1.29, 1.82) is 0 Å². The molecule has 0 bridgehead atoms. The van der Waals surface area contributed by atoms with E-state index in [0.29, 0.717) is 18.4 Å². The molecule has 1 heterocycles. The minimum absolute atomic E-state index is 0.158. The van der Waals surface area contributed by atoms with E-state index in [0.717, 1.165) is 24.0 Å². The topological polar surface area (TPSA) is 93.9 Å². The average molecular weight is 300 g/mol. The van der Waals surface area contributed by atoms with Crippen LogP contribution in [0.5, 0.6) is 0 Å². The normalized spacial score (nSPS) is 15.8. The highest BCUT2D eigenvalue weighted by Gasteiger charge is 2.19. The minimum Gasteiger partial charge on any atom is -0.374 e. The Bertz CT molecular complexity index is 647. The Morgan fingerprint density at radius 1 is 1.23 bits per heavy atom. The van der Waals surface area contributed by atoms with Crippen LogP contribution in [0.1, 0.15) is 48.2 Å². The molecule has 1 aliphatic rings. The Hall–Kier alpha value is -2.21. The number of hydrogen-bond acceptors (Lipinski definition) is 4. The van der Waals surface area contributed by atoms with E-state index >= 15 is 0 Å². The number of carbonyl (C=O) groups is 1. The first-order valence-corrected chi connectivity index (χ1v) is 7.66. The standard InChI is InChI=1S/C16H20N4O2/c17-16(21)15-14(18-20-19-15)13-9-5-4-6-11(13)10-22-12-7-2-1-3-8-12/h4-6,9,12H,1-3,7-8,10H2,(H2,17,21)(H,18,19,20). The van der Waals surface area contributed by atoms with E-state index in [1.54, 1.807) is 0 Å². The summed E-state index contributed by atoms with van der Waals surface area (Å²) in [5.74, 6) is -0.591. The lowest BCUT2D eigenvalue weighted by molar-refractivity contribution is 0.0171. The summed E-state index contributed by atoms with van der Waals surface area (Å²) in [5, 5.41) is 10.4. The number of hydrogen-bond donors (Lipinski definition) is 2. The van der Waals surface area contributed by atoms with E-state index in [2.05, 4.69) is 15.4 Å². The molecule has 6 heteroatoms. The highest BCUT2D eigenvalue weighted by atomic mass is 16.5. The lowest BCUT2D eigenvalue weighted by Gasteiger charge is -2.22. The highest BCUT2D eigenvalue weighted by Crippen LogP contribution is 2.26. The molecule has 0 saturated heterocycles. The van der Waals surface area contributed by atoms with Gasteiger partial charge in [0.2, 0.25) is 0 Å². The van der Waals surface area contributed by atoms with Gasteiger partial charge in [-0.1, -0.05) is 43.5 Å². The molecule has 1 aliphatic carbocycles. The van der Waals surface area contributed by atoms with Gasteiger partial charge >= 0.3 is 0 Å². The first kappa shape index (κ1) is 14.7. The van der Waals surface area contributed by atoms with Crippen molar-refractivity contribution >= 4 is 5.91 Å². The van der Waals surface area contributed by atoms with Gasteiger partial charge in [-0.25, -0.2) is 0 Å². The van der Waals surface area contributed by atoms with E-state index in [4.69, 9.17) is 10.5 Å². The van der Waals surface area contributed by atoms with Crippen LogP contribution in [0.15, 0.2) is 24.3 Å². The third kappa shape index (κ3) is 3.17. The van der Waals surface area contributed by atoms with Crippen molar-refractivity contribution in [2.24, 2.45) is 5.73 Å². The van der Waals surface area contributed by atoms with Gasteiger partial charge in [-0.2, -0.15) is 15.4 Å². The summed E-state index contributed by atoms with van der Waals surface area (Å²) in [5.41, 5.74) is 7.81. The predicted molar refractivity (Wildman–Crippen MR) is 82.0 cm³/mol. The summed E-state index contributed by atoms with van der Waals surface area (Å²) < 4.78 is 6.03. The van der Waals surface area contributed by atoms with Gasteiger partial charge in [0, 0.05) is 5.56 Å². The number of ether oxygens (including phenoxy) is 1. The van der Waals surface area contributed by atoms with Gasteiger partial charge in [-0.15, -0.1) is 0 Å². The van der Waals surface area contributed by atoms with Gasteiger partial charge in [0.25, 0.3) is 5.91 Å². The Labute approximate surface area is 129 Å². The van der Waals surface area contributed by atoms with E-state index in [9.17, 15) is 4.79 Å². The molecule has 6 nitrogen and oxygen atoms in total. The van der Waals surface area contributed by atoms with Crippen molar-refractivity contribution < 1.29 is 9.53 Å². The summed E-state index contributed by atoms with van der Waals surface area (Å²) >= 11 is 0. The van der Waals surface area contributed by atoms with Gasteiger partial charge in [0.05, 0.1) is 12.7 Å². The molecule has 116 valence electrons. The van der Waals surface area contributed by atoms with Gasteiger partial charge in [0.15, 0.2) is 5.69 Å². The number of nitrogens with two attached hydrogens (primary N) is 1. The number of aromatic nitrogens is 3. The third-order valence-electron chi connectivity index (χ3n) is 4.08. The number of nitrogens with one attached hydrogen (secondary N) is 1. The number of aromatic amines is 1. The monoisotopic (exact) mass is 300 g/mol. The highest BCUT2D eigenvalue weighted by molar-refractivity contribution is 5.96. The van der Waals surface area contributed by atoms with E-state index < -0.39 is 5.91 Å². The van der Waals surface area contributed by atoms with E-state index in [-0.39, 0.29) is 5.69 Å². The van der Waals surface area contributed by atoms with Gasteiger partial charge in [-0.3, -0.25) is 4.79 Å². The largest absolute Gasteiger partial charge is 0.374 e. The summed E-state index contributed by atoms with van der Waals surface area (Å²) in [6, 6.07) is 7.74. The van der Waals surface area contributed by atoms with Crippen molar-refractivity contribution in [2.45, 2.75) is 44.8 Å². The number of nitrogens with zero attached hydrogens (tertiary/aromatic N) is 2. The number of carbonyl (C=O) groups excluding carboxylic acids is 1. The first-order chi connectivity index (χ1) is 10.8. The van der Waals surface area contributed by atoms with Crippen molar-refractivity contribution in [3.63, 3.8) is 0 Å². The third-order valence-corrected chi connectivity index (χ3v) is 4.08. The molecule has 0 unspecified atom stereocenters. The molecule has 0 atom stereocenters. The number of rotatable bonds is 5. The summed E-state index contributed by atoms with van der Waals surface area (Å²) in [7, 11) is 0. The van der Waals surface area contributed by atoms with Crippen LogP contribution in [-0.2, 0) is 11.3 Å². The summed E-state index contributed by atoms with van der Waals surface area (Å²) in [6.45, 7) is 0.506. The summed E-state index contributed by atoms with van der Waals surface area (Å²) in [4.78, 5) is 11.4. The molecule has 1 amide bonds. The molecule has 1 aromatic heterocycles. The van der Waals surface area contributed by atoms with Crippen molar-refractivity contribution in [3.05, 3.63) is 35.5 Å². The number of amides is 1. The number of primary amides is 1. The number of H-pyrrole nitrogens is 1. The zero-order valence-corrected chi connectivity index (χ0v) is 12.4.